The molecule has 0 bridgehead atoms. The van der Waals surface area contributed by atoms with Crippen LogP contribution in [0.15, 0.2) is 23.0 Å². The fourth-order valence-corrected chi connectivity index (χ4v) is 5.12. The van der Waals surface area contributed by atoms with Crippen molar-refractivity contribution in [3.63, 3.8) is 0 Å². The van der Waals surface area contributed by atoms with Gasteiger partial charge in [0.25, 0.3) is 11.5 Å². The number of amides is 1. The number of hydrogen-bond acceptors (Lipinski definition) is 4. The molecule has 4 rings (SSSR count). The number of carbonyl (C=O) groups excluding carboxylic acids is 1. The van der Waals surface area contributed by atoms with Crippen molar-refractivity contribution in [2.24, 2.45) is 0 Å². The number of anilines is 1. The Hall–Kier alpha value is -2.47. The lowest BCUT2D eigenvalue weighted by molar-refractivity contribution is 0.0996. The third-order valence-electron chi connectivity index (χ3n) is 5.64. The predicted octanol–water partition coefficient (Wildman–Crippen LogP) is 4.39. The van der Waals surface area contributed by atoms with E-state index < -0.39 is 0 Å². The predicted molar refractivity (Wildman–Crippen MR) is 115 cm³/mol. The molecular formula is C22H25N3O2S. The smallest absolute Gasteiger partial charge is 0.268 e. The molecule has 1 amide bonds. The van der Waals surface area contributed by atoms with Gasteiger partial charge in [-0.1, -0.05) is 18.6 Å². The fraction of sp³-hybridized carbons (Fsp3) is 0.409. The average Bonchev–Trinajstić information content (AvgIpc) is 2.84. The molecule has 1 aliphatic heterocycles. The van der Waals surface area contributed by atoms with Gasteiger partial charge in [-0.15, -0.1) is 11.3 Å². The highest BCUT2D eigenvalue weighted by Crippen LogP contribution is 2.31. The molecule has 1 aliphatic rings. The summed E-state index contributed by atoms with van der Waals surface area (Å²) in [5.41, 5.74) is 3.80. The van der Waals surface area contributed by atoms with Crippen molar-refractivity contribution in [1.82, 2.24) is 9.55 Å². The maximum atomic E-state index is 13.3. The Labute approximate surface area is 168 Å². The number of thiophene rings is 1. The first-order chi connectivity index (χ1) is 13.4. The molecule has 6 heteroatoms. The van der Waals surface area contributed by atoms with Crippen LogP contribution in [0.3, 0.4) is 0 Å². The van der Waals surface area contributed by atoms with Crippen molar-refractivity contribution in [2.75, 3.05) is 11.9 Å². The van der Waals surface area contributed by atoms with Gasteiger partial charge in [0.15, 0.2) is 0 Å². The van der Waals surface area contributed by atoms with Crippen molar-refractivity contribution in [3.05, 3.63) is 55.9 Å². The molecule has 28 heavy (non-hydrogen) atoms. The summed E-state index contributed by atoms with van der Waals surface area (Å²) in [5.74, 6) is 0.770. The quantitative estimate of drug-likeness (QED) is 0.647. The highest BCUT2D eigenvalue weighted by Gasteiger charge is 2.25. The van der Waals surface area contributed by atoms with Crippen molar-refractivity contribution in [1.29, 1.82) is 0 Å². The van der Waals surface area contributed by atoms with E-state index in [1.807, 2.05) is 43.5 Å². The van der Waals surface area contributed by atoms with Crippen LogP contribution < -0.4 is 10.5 Å². The third-order valence-corrected chi connectivity index (χ3v) is 6.81. The molecule has 3 heterocycles. The van der Waals surface area contributed by atoms with E-state index >= 15 is 0 Å². The van der Waals surface area contributed by atoms with Crippen LogP contribution in [0.25, 0.3) is 10.2 Å². The van der Waals surface area contributed by atoms with E-state index in [4.69, 9.17) is 4.98 Å². The van der Waals surface area contributed by atoms with E-state index in [-0.39, 0.29) is 11.5 Å². The van der Waals surface area contributed by atoms with Gasteiger partial charge < -0.3 is 4.90 Å². The second kappa shape index (κ2) is 7.17. The fourth-order valence-electron chi connectivity index (χ4n) is 3.96. The number of rotatable bonds is 2. The molecule has 0 atom stereocenters. The summed E-state index contributed by atoms with van der Waals surface area (Å²) in [6.07, 6.45) is 4.02. The van der Waals surface area contributed by atoms with Gasteiger partial charge in [0.1, 0.15) is 10.7 Å². The largest absolute Gasteiger partial charge is 0.310 e. The Balaban J connectivity index is 1.82. The summed E-state index contributed by atoms with van der Waals surface area (Å²) in [5, 5.41) is 0.605. The van der Waals surface area contributed by atoms with Crippen molar-refractivity contribution < 1.29 is 4.79 Å². The SMILES string of the molecule is Cc1ccc(C)c(N(C)C(=O)c2sc3nc4n(c(=O)c3c2C)CCCCC4)c1. The molecule has 0 saturated carbocycles. The van der Waals surface area contributed by atoms with Gasteiger partial charge in [-0.25, -0.2) is 4.98 Å². The van der Waals surface area contributed by atoms with Gasteiger partial charge in [0.05, 0.1) is 10.3 Å². The average molecular weight is 396 g/mol. The van der Waals surface area contributed by atoms with Gasteiger partial charge in [-0.05, 0) is 56.4 Å². The van der Waals surface area contributed by atoms with Gasteiger partial charge >= 0.3 is 0 Å². The monoisotopic (exact) mass is 395 g/mol. The van der Waals surface area contributed by atoms with Crippen LogP contribution in [-0.4, -0.2) is 22.5 Å². The Bertz CT molecular complexity index is 1140. The Morgan fingerprint density at radius 1 is 1.18 bits per heavy atom. The Morgan fingerprint density at radius 2 is 1.96 bits per heavy atom. The van der Waals surface area contributed by atoms with E-state index in [0.717, 1.165) is 60.4 Å². The zero-order chi connectivity index (χ0) is 20.0. The second-order valence-electron chi connectivity index (χ2n) is 7.69. The molecule has 0 N–H and O–H groups in total. The lowest BCUT2D eigenvalue weighted by atomic mass is 10.1. The maximum absolute atomic E-state index is 13.3. The van der Waals surface area contributed by atoms with Crippen molar-refractivity contribution >= 4 is 33.1 Å². The van der Waals surface area contributed by atoms with Crippen LogP contribution >= 0.6 is 11.3 Å². The molecule has 0 aliphatic carbocycles. The Kier molecular flexibility index (Phi) is 4.83. The van der Waals surface area contributed by atoms with Gasteiger partial charge in [-0.2, -0.15) is 0 Å². The summed E-state index contributed by atoms with van der Waals surface area (Å²) in [7, 11) is 1.80. The molecule has 5 nitrogen and oxygen atoms in total. The zero-order valence-corrected chi connectivity index (χ0v) is 17.7. The first-order valence-electron chi connectivity index (χ1n) is 9.76. The highest BCUT2D eigenvalue weighted by molar-refractivity contribution is 7.20. The summed E-state index contributed by atoms with van der Waals surface area (Å²) in [6, 6.07) is 6.09. The summed E-state index contributed by atoms with van der Waals surface area (Å²) in [6.45, 7) is 6.61. The van der Waals surface area contributed by atoms with E-state index in [9.17, 15) is 9.59 Å². The standard InChI is InChI=1S/C22H25N3O2S/c1-13-9-10-14(2)16(12-13)24(4)22(27)19-15(3)18-20(28-19)23-17-8-6-5-7-11-25(17)21(18)26/h9-10,12H,5-8,11H2,1-4H3. The molecule has 0 fully saturated rings. The minimum absolute atomic E-state index is 0.00379. The minimum Gasteiger partial charge on any atom is -0.310 e. The van der Waals surface area contributed by atoms with Gasteiger partial charge in [0, 0.05) is 25.7 Å². The van der Waals surface area contributed by atoms with E-state index in [2.05, 4.69) is 0 Å². The van der Waals surface area contributed by atoms with Crippen LogP contribution in [0, 0.1) is 20.8 Å². The lowest BCUT2D eigenvalue weighted by Gasteiger charge is -2.20. The first kappa shape index (κ1) is 18.9. The molecule has 2 aromatic heterocycles. The van der Waals surface area contributed by atoms with Crippen LogP contribution in [0.5, 0.6) is 0 Å². The number of carbonyl (C=O) groups is 1. The van der Waals surface area contributed by atoms with Gasteiger partial charge in [-0.3, -0.25) is 14.2 Å². The molecular weight excluding hydrogens is 370 g/mol. The van der Waals surface area contributed by atoms with E-state index in [1.165, 1.54) is 11.3 Å². The van der Waals surface area contributed by atoms with E-state index in [1.54, 1.807) is 11.9 Å². The lowest BCUT2D eigenvalue weighted by Crippen LogP contribution is -2.27. The molecule has 1 aromatic carbocycles. The van der Waals surface area contributed by atoms with Crippen molar-refractivity contribution in [3.8, 4) is 0 Å². The number of nitrogens with zero attached hydrogens (tertiary/aromatic N) is 3. The van der Waals surface area contributed by atoms with Crippen molar-refractivity contribution in [2.45, 2.75) is 53.0 Å². The minimum atomic E-state index is -0.0891. The molecule has 146 valence electrons. The number of fused-ring (bicyclic) bond motifs is 2. The molecule has 0 radical (unpaired) electrons. The summed E-state index contributed by atoms with van der Waals surface area (Å²) >= 11 is 1.34. The normalized spacial score (nSPS) is 14.0. The Morgan fingerprint density at radius 3 is 2.75 bits per heavy atom. The van der Waals surface area contributed by atoms with Crippen LogP contribution in [0.4, 0.5) is 5.69 Å². The number of aromatic nitrogens is 2. The molecule has 0 unspecified atom stereocenters. The topological polar surface area (TPSA) is 55.2 Å². The third kappa shape index (κ3) is 3.05. The molecule has 0 spiro atoms. The van der Waals surface area contributed by atoms with Gasteiger partial charge in [0.2, 0.25) is 0 Å². The second-order valence-corrected chi connectivity index (χ2v) is 8.69. The molecule has 3 aromatic rings. The number of benzene rings is 1. The van der Waals surface area contributed by atoms with E-state index in [0.29, 0.717) is 15.1 Å². The first-order valence-corrected chi connectivity index (χ1v) is 10.6. The molecule has 0 saturated heterocycles. The van der Waals surface area contributed by atoms with Crippen LogP contribution in [0.2, 0.25) is 0 Å². The number of hydrogen-bond donors (Lipinski definition) is 0. The highest BCUT2D eigenvalue weighted by atomic mass is 32.1. The maximum Gasteiger partial charge on any atom is 0.268 e. The van der Waals surface area contributed by atoms with Crippen LogP contribution in [-0.2, 0) is 13.0 Å². The summed E-state index contributed by atoms with van der Waals surface area (Å²) in [4.78, 5) is 34.2. The summed E-state index contributed by atoms with van der Waals surface area (Å²) < 4.78 is 1.82. The number of aryl methyl sites for hydroxylation is 4. The van der Waals surface area contributed by atoms with Crippen LogP contribution in [0.1, 0.15) is 51.4 Å². The zero-order valence-electron chi connectivity index (χ0n) is 16.8.